The zero-order chi connectivity index (χ0) is 23.4. The summed E-state index contributed by atoms with van der Waals surface area (Å²) in [6.45, 7) is 3.55. The first-order chi connectivity index (χ1) is 16.0. The number of carbonyl (C=O) groups excluding carboxylic acids is 3. The number of pyridine rings is 1. The van der Waals surface area contributed by atoms with Crippen molar-refractivity contribution in [1.82, 2.24) is 4.98 Å². The van der Waals surface area contributed by atoms with Gasteiger partial charge in [0.05, 0.1) is 34.6 Å². The fourth-order valence-electron chi connectivity index (χ4n) is 3.32. The van der Waals surface area contributed by atoms with E-state index in [4.69, 9.17) is 13.9 Å². The van der Waals surface area contributed by atoms with Crippen molar-refractivity contribution in [1.29, 1.82) is 0 Å². The van der Waals surface area contributed by atoms with Gasteiger partial charge in [0.1, 0.15) is 11.5 Å². The lowest BCUT2D eigenvalue weighted by Gasteiger charge is -2.14. The molecule has 0 bridgehead atoms. The number of nitrogens with zero attached hydrogens (tertiary/aromatic N) is 1. The Bertz CT molecular complexity index is 1330. The van der Waals surface area contributed by atoms with Crippen LogP contribution in [0.25, 0.3) is 10.9 Å². The Morgan fingerprint density at radius 3 is 2.61 bits per heavy atom. The highest BCUT2D eigenvalue weighted by molar-refractivity contribution is 7.18. The molecule has 9 heteroatoms. The van der Waals surface area contributed by atoms with Crippen molar-refractivity contribution in [3.05, 3.63) is 82.3 Å². The predicted molar refractivity (Wildman–Crippen MR) is 123 cm³/mol. The van der Waals surface area contributed by atoms with E-state index in [-0.39, 0.29) is 19.0 Å². The minimum absolute atomic E-state index is 0.164. The van der Waals surface area contributed by atoms with Gasteiger partial charge in [0, 0.05) is 5.39 Å². The summed E-state index contributed by atoms with van der Waals surface area (Å²) in [7, 11) is 0. The Morgan fingerprint density at radius 1 is 1.03 bits per heavy atom. The number of anilines is 1. The first kappa shape index (κ1) is 22.2. The number of nitrogens with one attached hydrogen (secondary N) is 1. The van der Waals surface area contributed by atoms with E-state index in [9.17, 15) is 14.4 Å². The number of hydrogen-bond acceptors (Lipinski definition) is 8. The lowest BCUT2D eigenvalue weighted by atomic mass is 10.0. The maximum absolute atomic E-state index is 12.6. The maximum Gasteiger partial charge on any atom is 0.348 e. The molecule has 0 saturated heterocycles. The van der Waals surface area contributed by atoms with Crippen molar-refractivity contribution >= 4 is 45.1 Å². The average Bonchev–Trinajstić information content (AvgIpc) is 3.50. The summed E-state index contributed by atoms with van der Waals surface area (Å²) in [5.41, 5.74) is 2.01. The van der Waals surface area contributed by atoms with Crippen molar-refractivity contribution in [2.45, 2.75) is 20.5 Å². The molecule has 4 aromatic rings. The Morgan fingerprint density at radius 2 is 1.85 bits per heavy atom. The lowest BCUT2D eigenvalue weighted by molar-refractivity contribution is 0.0449. The number of amides is 1. The van der Waals surface area contributed by atoms with E-state index in [2.05, 4.69) is 10.3 Å². The van der Waals surface area contributed by atoms with Crippen molar-refractivity contribution in [3.63, 3.8) is 0 Å². The molecule has 1 aromatic carbocycles. The summed E-state index contributed by atoms with van der Waals surface area (Å²) < 4.78 is 15.7. The van der Waals surface area contributed by atoms with Crippen LogP contribution in [-0.4, -0.2) is 29.4 Å². The second kappa shape index (κ2) is 9.66. The van der Waals surface area contributed by atoms with Gasteiger partial charge >= 0.3 is 11.9 Å². The predicted octanol–water partition coefficient (Wildman–Crippen LogP) is 4.98. The normalized spacial score (nSPS) is 10.7. The minimum atomic E-state index is -0.596. The molecule has 0 saturated carbocycles. The van der Waals surface area contributed by atoms with Crippen LogP contribution in [0.1, 0.15) is 48.8 Å². The molecule has 0 aliphatic heterocycles. The Balaban J connectivity index is 1.52. The first-order valence-corrected chi connectivity index (χ1v) is 11.0. The summed E-state index contributed by atoms with van der Waals surface area (Å²) >= 11 is 1.07. The summed E-state index contributed by atoms with van der Waals surface area (Å²) in [5, 5.41) is 3.96. The number of esters is 2. The van der Waals surface area contributed by atoms with Crippen LogP contribution in [0, 0.1) is 6.92 Å². The van der Waals surface area contributed by atoms with E-state index in [0.717, 1.165) is 16.7 Å². The van der Waals surface area contributed by atoms with Gasteiger partial charge in [-0.05, 0) is 49.7 Å². The van der Waals surface area contributed by atoms with Gasteiger partial charge in [0.15, 0.2) is 5.76 Å². The van der Waals surface area contributed by atoms with Gasteiger partial charge < -0.3 is 19.2 Å². The summed E-state index contributed by atoms with van der Waals surface area (Å²) in [6, 6.07) is 13.7. The van der Waals surface area contributed by atoms with Gasteiger partial charge in [-0.25, -0.2) is 14.6 Å². The highest BCUT2D eigenvalue weighted by Gasteiger charge is 2.22. The molecule has 3 aromatic heterocycles. The molecule has 1 amide bonds. The quantitative estimate of drug-likeness (QED) is 0.384. The summed E-state index contributed by atoms with van der Waals surface area (Å²) in [6.07, 6.45) is 1.40. The van der Waals surface area contributed by atoms with Crippen LogP contribution in [0.3, 0.4) is 0 Å². The Labute approximate surface area is 193 Å². The van der Waals surface area contributed by atoms with Crippen LogP contribution in [0.15, 0.2) is 59.2 Å². The van der Waals surface area contributed by atoms with Crippen LogP contribution >= 0.6 is 11.3 Å². The fourth-order valence-corrected chi connectivity index (χ4v) is 4.12. The van der Waals surface area contributed by atoms with E-state index in [1.807, 2.05) is 31.2 Å². The number of furan rings is 1. The number of para-hydroxylation sites is 1. The number of aromatic nitrogens is 1. The third-order valence-electron chi connectivity index (χ3n) is 4.84. The molecule has 0 unspecified atom stereocenters. The number of hydrogen-bond donors (Lipinski definition) is 1. The molecule has 4 rings (SSSR count). The second-order valence-electron chi connectivity index (χ2n) is 6.97. The van der Waals surface area contributed by atoms with Gasteiger partial charge in [0.2, 0.25) is 0 Å². The Kier molecular flexibility index (Phi) is 6.50. The molecule has 33 heavy (non-hydrogen) atoms. The molecule has 0 atom stereocenters. The van der Waals surface area contributed by atoms with Gasteiger partial charge in [-0.1, -0.05) is 18.2 Å². The molecule has 3 heterocycles. The van der Waals surface area contributed by atoms with Crippen LogP contribution in [0.4, 0.5) is 5.00 Å². The van der Waals surface area contributed by atoms with Crippen molar-refractivity contribution in [3.8, 4) is 0 Å². The first-order valence-electron chi connectivity index (χ1n) is 10.1. The standard InChI is InChI=1S/C24H20N2O6S/c1-3-30-24(29)21-14(2)15-7-4-5-8-16(15)25-17(21)13-32-23(28)19-10-11-20(33-19)26-22(27)18-9-6-12-31-18/h4-12H,3,13H2,1-2H3,(H,26,27). The topological polar surface area (TPSA) is 108 Å². The molecule has 8 nitrogen and oxygen atoms in total. The van der Waals surface area contributed by atoms with Crippen LogP contribution in [0.2, 0.25) is 0 Å². The van der Waals surface area contributed by atoms with Crippen molar-refractivity contribution < 1.29 is 28.3 Å². The highest BCUT2D eigenvalue weighted by atomic mass is 32.1. The average molecular weight is 464 g/mol. The number of fused-ring (bicyclic) bond motifs is 1. The zero-order valence-electron chi connectivity index (χ0n) is 17.9. The number of benzene rings is 1. The molecule has 0 aliphatic rings. The number of aryl methyl sites for hydroxylation is 1. The molecule has 168 valence electrons. The SMILES string of the molecule is CCOC(=O)c1c(COC(=O)c2ccc(NC(=O)c3ccco3)s2)nc2ccccc2c1C. The molecule has 0 spiro atoms. The van der Waals surface area contributed by atoms with E-state index < -0.39 is 17.8 Å². The largest absolute Gasteiger partial charge is 0.462 e. The Hall–Kier alpha value is -3.98. The second-order valence-corrected chi connectivity index (χ2v) is 8.05. The minimum Gasteiger partial charge on any atom is -0.462 e. The number of rotatable bonds is 7. The van der Waals surface area contributed by atoms with Gasteiger partial charge in [-0.15, -0.1) is 11.3 Å². The fraction of sp³-hybridized carbons (Fsp3) is 0.167. The van der Waals surface area contributed by atoms with Gasteiger partial charge in [-0.2, -0.15) is 0 Å². The summed E-state index contributed by atoms with van der Waals surface area (Å²) in [5.74, 6) is -1.37. The molecule has 0 radical (unpaired) electrons. The van der Waals surface area contributed by atoms with E-state index >= 15 is 0 Å². The van der Waals surface area contributed by atoms with Crippen LogP contribution in [-0.2, 0) is 16.1 Å². The molecule has 0 fully saturated rings. The number of ether oxygens (including phenoxy) is 2. The van der Waals surface area contributed by atoms with Crippen molar-refractivity contribution in [2.24, 2.45) is 0 Å². The number of thiophene rings is 1. The van der Waals surface area contributed by atoms with E-state index in [1.54, 1.807) is 25.1 Å². The van der Waals surface area contributed by atoms with Crippen LogP contribution < -0.4 is 5.32 Å². The smallest absolute Gasteiger partial charge is 0.348 e. The van der Waals surface area contributed by atoms with Crippen molar-refractivity contribution in [2.75, 3.05) is 11.9 Å². The van der Waals surface area contributed by atoms with E-state index in [0.29, 0.717) is 32.2 Å². The summed E-state index contributed by atoms with van der Waals surface area (Å²) in [4.78, 5) is 42.1. The van der Waals surface area contributed by atoms with Crippen LogP contribution in [0.5, 0.6) is 0 Å². The van der Waals surface area contributed by atoms with E-state index in [1.165, 1.54) is 12.3 Å². The highest BCUT2D eigenvalue weighted by Crippen LogP contribution is 2.26. The third kappa shape index (κ3) is 4.78. The van der Waals surface area contributed by atoms with Gasteiger partial charge in [0.25, 0.3) is 5.91 Å². The maximum atomic E-state index is 12.6. The number of carbonyl (C=O) groups is 3. The lowest BCUT2D eigenvalue weighted by Crippen LogP contribution is -2.15. The molecular formula is C24H20N2O6S. The monoisotopic (exact) mass is 464 g/mol. The zero-order valence-corrected chi connectivity index (χ0v) is 18.7. The molecule has 0 aliphatic carbocycles. The third-order valence-corrected chi connectivity index (χ3v) is 5.82. The molecular weight excluding hydrogens is 444 g/mol. The van der Waals surface area contributed by atoms with Gasteiger partial charge in [-0.3, -0.25) is 4.79 Å². The molecule has 1 N–H and O–H groups in total.